The Balaban J connectivity index is 1.95. The molecule has 1 N–H and O–H groups in total. The first-order chi connectivity index (χ1) is 8.65. The molecule has 92 valence electrons. The molecular formula is C13H10F2N2O. The number of anilines is 1. The Morgan fingerprint density at radius 3 is 2.83 bits per heavy atom. The normalized spacial score (nSPS) is 14.8. The second kappa shape index (κ2) is 4.01. The predicted molar refractivity (Wildman–Crippen MR) is 63.0 cm³/mol. The van der Waals surface area contributed by atoms with E-state index >= 15 is 0 Å². The van der Waals surface area contributed by atoms with Crippen LogP contribution in [0.2, 0.25) is 0 Å². The molecular weight excluding hydrogens is 238 g/mol. The maximum Gasteiger partial charge on any atom is 0.227 e. The number of carbonyl (C=O) groups excluding carboxylic acids is 1. The average Bonchev–Trinajstić information content (AvgIpc) is 3.18. The first-order valence-corrected chi connectivity index (χ1v) is 5.70. The van der Waals surface area contributed by atoms with Gasteiger partial charge in [0.15, 0.2) is 11.6 Å². The van der Waals surface area contributed by atoms with Crippen molar-refractivity contribution in [2.24, 2.45) is 5.92 Å². The molecule has 0 radical (unpaired) electrons. The molecule has 1 aliphatic carbocycles. The Labute approximate surface area is 102 Å². The van der Waals surface area contributed by atoms with Crippen LogP contribution in [0.25, 0.3) is 10.9 Å². The van der Waals surface area contributed by atoms with Gasteiger partial charge in [-0.1, -0.05) is 0 Å². The fourth-order valence-electron chi connectivity index (χ4n) is 1.80. The van der Waals surface area contributed by atoms with Crippen LogP contribution in [0, 0.1) is 17.6 Å². The molecule has 2 aromatic rings. The van der Waals surface area contributed by atoms with Gasteiger partial charge >= 0.3 is 0 Å². The first kappa shape index (κ1) is 11.1. The van der Waals surface area contributed by atoms with E-state index in [1.54, 1.807) is 6.07 Å². The summed E-state index contributed by atoms with van der Waals surface area (Å²) < 4.78 is 26.4. The summed E-state index contributed by atoms with van der Waals surface area (Å²) >= 11 is 0. The minimum absolute atomic E-state index is 0.0283. The number of hydrogen-bond donors (Lipinski definition) is 1. The van der Waals surface area contributed by atoms with Crippen LogP contribution in [-0.4, -0.2) is 10.9 Å². The van der Waals surface area contributed by atoms with Gasteiger partial charge in [0.2, 0.25) is 5.91 Å². The molecule has 18 heavy (non-hydrogen) atoms. The lowest BCUT2D eigenvalue weighted by Crippen LogP contribution is -2.13. The summed E-state index contributed by atoms with van der Waals surface area (Å²) in [4.78, 5) is 15.4. The van der Waals surface area contributed by atoms with Gasteiger partial charge in [0, 0.05) is 11.3 Å². The third kappa shape index (κ3) is 1.92. The highest BCUT2D eigenvalue weighted by Gasteiger charge is 2.29. The fraction of sp³-hybridized carbons (Fsp3) is 0.231. The summed E-state index contributed by atoms with van der Waals surface area (Å²) in [5.74, 6) is -1.85. The molecule has 1 amide bonds. The second-order valence-electron chi connectivity index (χ2n) is 4.42. The molecule has 1 aromatic carbocycles. The summed E-state index contributed by atoms with van der Waals surface area (Å²) in [5.41, 5.74) is 0.477. The van der Waals surface area contributed by atoms with E-state index in [0.717, 1.165) is 18.9 Å². The van der Waals surface area contributed by atoms with Crippen molar-refractivity contribution >= 4 is 22.5 Å². The van der Waals surface area contributed by atoms with Gasteiger partial charge in [-0.2, -0.15) is 0 Å². The molecule has 3 rings (SSSR count). The smallest absolute Gasteiger partial charge is 0.227 e. The second-order valence-corrected chi connectivity index (χ2v) is 4.42. The molecule has 1 saturated carbocycles. The summed E-state index contributed by atoms with van der Waals surface area (Å²) in [7, 11) is 0. The van der Waals surface area contributed by atoms with Gasteiger partial charge in [-0.25, -0.2) is 8.78 Å². The Morgan fingerprint density at radius 1 is 1.33 bits per heavy atom. The van der Waals surface area contributed by atoms with Crippen molar-refractivity contribution in [1.29, 1.82) is 0 Å². The molecule has 0 unspecified atom stereocenters. The Kier molecular flexibility index (Phi) is 2.47. The number of nitrogens with one attached hydrogen (secondary N) is 1. The minimum Gasteiger partial charge on any atom is -0.324 e. The zero-order valence-electron chi connectivity index (χ0n) is 9.41. The molecule has 1 aromatic heterocycles. The van der Waals surface area contributed by atoms with E-state index in [0.29, 0.717) is 11.1 Å². The molecule has 1 fully saturated rings. The van der Waals surface area contributed by atoms with Crippen LogP contribution in [0.15, 0.2) is 24.4 Å². The van der Waals surface area contributed by atoms with E-state index in [4.69, 9.17) is 0 Å². The number of benzene rings is 1. The third-order valence-electron chi connectivity index (χ3n) is 2.96. The number of carbonyl (C=O) groups is 1. The zero-order chi connectivity index (χ0) is 12.7. The third-order valence-corrected chi connectivity index (χ3v) is 2.96. The van der Waals surface area contributed by atoms with E-state index in [9.17, 15) is 13.6 Å². The molecule has 0 saturated heterocycles. The van der Waals surface area contributed by atoms with Gasteiger partial charge in [0.05, 0.1) is 11.9 Å². The lowest BCUT2D eigenvalue weighted by molar-refractivity contribution is -0.117. The summed E-state index contributed by atoms with van der Waals surface area (Å²) in [6.07, 6.45) is 3.16. The van der Waals surface area contributed by atoms with Gasteiger partial charge in [-0.3, -0.25) is 9.78 Å². The summed E-state index contributed by atoms with van der Waals surface area (Å²) in [6, 6.07) is 4.07. The average molecular weight is 248 g/mol. The maximum atomic E-state index is 13.4. The van der Waals surface area contributed by atoms with Crippen molar-refractivity contribution in [2.75, 3.05) is 5.32 Å². The number of pyridine rings is 1. The van der Waals surface area contributed by atoms with Crippen LogP contribution in [0.1, 0.15) is 12.8 Å². The van der Waals surface area contributed by atoms with Crippen LogP contribution >= 0.6 is 0 Å². The van der Waals surface area contributed by atoms with E-state index in [-0.39, 0.29) is 17.3 Å². The van der Waals surface area contributed by atoms with Crippen LogP contribution in [0.3, 0.4) is 0 Å². The molecule has 1 heterocycles. The van der Waals surface area contributed by atoms with Gasteiger partial charge in [0.1, 0.15) is 5.52 Å². The molecule has 0 bridgehead atoms. The molecule has 1 aliphatic rings. The topological polar surface area (TPSA) is 42.0 Å². The highest BCUT2D eigenvalue weighted by molar-refractivity contribution is 5.95. The molecule has 0 spiro atoms. The summed E-state index contributed by atoms with van der Waals surface area (Å²) in [5, 5.41) is 3.17. The number of fused-ring (bicyclic) bond motifs is 1. The Morgan fingerprint density at radius 2 is 2.11 bits per heavy atom. The number of hydrogen-bond acceptors (Lipinski definition) is 2. The number of aromatic nitrogens is 1. The van der Waals surface area contributed by atoms with Gasteiger partial charge in [0.25, 0.3) is 0 Å². The van der Waals surface area contributed by atoms with Crippen LogP contribution in [0.5, 0.6) is 0 Å². The number of rotatable bonds is 2. The standard InChI is InChI=1S/C13H10F2N2O/c14-10-4-3-8-5-9(6-16-12(8)11(10)15)17-13(18)7-1-2-7/h3-7H,1-2H2,(H,17,18). The molecule has 0 atom stereocenters. The molecule has 3 nitrogen and oxygen atoms in total. The number of amides is 1. The Bertz CT molecular complexity index is 638. The number of halogens is 2. The molecule has 0 aliphatic heterocycles. The first-order valence-electron chi connectivity index (χ1n) is 5.70. The lowest BCUT2D eigenvalue weighted by atomic mass is 10.2. The van der Waals surface area contributed by atoms with Crippen molar-refractivity contribution in [3.8, 4) is 0 Å². The SMILES string of the molecule is O=C(Nc1cnc2c(F)c(F)ccc2c1)C1CC1. The fourth-order valence-corrected chi connectivity index (χ4v) is 1.80. The van der Waals surface area contributed by atoms with Crippen LogP contribution in [-0.2, 0) is 4.79 Å². The Hall–Kier alpha value is -2.04. The quantitative estimate of drug-likeness (QED) is 0.887. The highest BCUT2D eigenvalue weighted by Crippen LogP contribution is 2.30. The number of nitrogens with zero attached hydrogens (tertiary/aromatic N) is 1. The van der Waals surface area contributed by atoms with Crippen LogP contribution < -0.4 is 5.32 Å². The van der Waals surface area contributed by atoms with Crippen molar-refractivity contribution in [2.45, 2.75) is 12.8 Å². The zero-order valence-corrected chi connectivity index (χ0v) is 9.41. The minimum atomic E-state index is -0.965. The maximum absolute atomic E-state index is 13.4. The van der Waals surface area contributed by atoms with Crippen molar-refractivity contribution < 1.29 is 13.6 Å². The lowest BCUT2D eigenvalue weighted by Gasteiger charge is -2.05. The largest absolute Gasteiger partial charge is 0.324 e. The highest BCUT2D eigenvalue weighted by atomic mass is 19.2. The van der Waals surface area contributed by atoms with E-state index < -0.39 is 11.6 Å². The van der Waals surface area contributed by atoms with E-state index in [2.05, 4.69) is 10.3 Å². The van der Waals surface area contributed by atoms with Crippen molar-refractivity contribution in [3.63, 3.8) is 0 Å². The predicted octanol–water partition coefficient (Wildman–Crippen LogP) is 2.86. The van der Waals surface area contributed by atoms with Crippen LogP contribution in [0.4, 0.5) is 14.5 Å². The monoisotopic (exact) mass is 248 g/mol. The van der Waals surface area contributed by atoms with Gasteiger partial charge < -0.3 is 5.32 Å². The van der Waals surface area contributed by atoms with E-state index in [1.165, 1.54) is 12.3 Å². The van der Waals surface area contributed by atoms with Gasteiger partial charge in [-0.15, -0.1) is 0 Å². The van der Waals surface area contributed by atoms with Gasteiger partial charge in [-0.05, 0) is 31.0 Å². The molecule has 5 heteroatoms. The van der Waals surface area contributed by atoms with Crippen molar-refractivity contribution in [3.05, 3.63) is 36.0 Å². The van der Waals surface area contributed by atoms with E-state index in [1.807, 2.05) is 0 Å². The summed E-state index contributed by atoms with van der Waals surface area (Å²) in [6.45, 7) is 0. The van der Waals surface area contributed by atoms with Crippen molar-refractivity contribution in [1.82, 2.24) is 4.98 Å².